The maximum absolute atomic E-state index is 11.1. The van der Waals surface area contributed by atoms with Gasteiger partial charge in [-0.15, -0.1) is 0 Å². The van der Waals surface area contributed by atoms with Crippen molar-refractivity contribution in [3.8, 4) is 5.75 Å². The van der Waals surface area contributed by atoms with Crippen LogP contribution in [0.1, 0.15) is 38.7 Å². The van der Waals surface area contributed by atoms with Crippen LogP contribution in [0.4, 0.5) is 5.69 Å². The number of ether oxygens (including phenoxy) is 1. The lowest BCUT2D eigenvalue weighted by molar-refractivity contribution is -0.386. The molecule has 5 nitrogen and oxygen atoms in total. The number of nitro groups is 1. The van der Waals surface area contributed by atoms with Crippen molar-refractivity contribution in [2.24, 2.45) is 0 Å². The molecule has 0 aromatic heterocycles. The van der Waals surface area contributed by atoms with Gasteiger partial charge in [0.2, 0.25) is 0 Å². The Morgan fingerprint density at radius 2 is 2.15 bits per heavy atom. The number of benzene rings is 1. The normalized spacial score (nSPS) is 21.3. The van der Waals surface area contributed by atoms with Crippen molar-refractivity contribution in [2.75, 3.05) is 6.54 Å². The molecule has 0 spiro atoms. The molecule has 0 aliphatic heterocycles. The van der Waals surface area contributed by atoms with Crippen LogP contribution in [0.15, 0.2) is 18.2 Å². The first kappa shape index (κ1) is 14.8. The van der Waals surface area contributed by atoms with Crippen LogP contribution >= 0.6 is 0 Å². The lowest BCUT2D eigenvalue weighted by Crippen LogP contribution is -2.47. The molecule has 1 aromatic rings. The van der Waals surface area contributed by atoms with Crippen LogP contribution < -0.4 is 10.1 Å². The number of hydrogen-bond donors (Lipinski definition) is 1. The van der Waals surface area contributed by atoms with E-state index < -0.39 is 0 Å². The van der Waals surface area contributed by atoms with E-state index in [-0.39, 0.29) is 16.7 Å². The molecule has 110 valence electrons. The van der Waals surface area contributed by atoms with Crippen molar-refractivity contribution in [3.63, 3.8) is 0 Å². The molecule has 1 aliphatic carbocycles. The first-order valence-corrected chi connectivity index (χ1v) is 7.31. The SMILES string of the molecule is CCCNC1CC(Oc2ccc(CC)cc2[N+](=O)[O-])C1. The molecule has 0 unspecified atom stereocenters. The van der Waals surface area contributed by atoms with Gasteiger partial charge in [-0.2, -0.15) is 0 Å². The third-order valence-electron chi connectivity index (χ3n) is 3.70. The van der Waals surface area contributed by atoms with Gasteiger partial charge in [-0.1, -0.05) is 19.9 Å². The first-order valence-electron chi connectivity index (χ1n) is 7.31. The molecular weight excluding hydrogens is 256 g/mol. The van der Waals surface area contributed by atoms with Gasteiger partial charge in [-0.25, -0.2) is 0 Å². The average molecular weight is 278 g/mol. The summed E-state index contributed by atoms with van der Waals surface area (Å²) in [6.45, 7) is 5.14. The predicted molar refractivity (Wildman–Crippen MR) is 78.2 cm³/mol. The summed E-state index contributed by atoms with van der Waals surface area (Å²) in [7, 11) is 0. The fraction of sp³-hybridized carbons (Fsp3) is 0.600. The lowest BCUT2D eigenvalue weighted by Gasteiger charge is -2.35. The Kier molecular flexibility index (Phi) is 4.95. The van der Waals surface area contributed by atoms with E-state index in [2.05, 4.69) is 12.2 Å². The van der Waals surface area contributed by atoms with E-state index in [0.717, 1.165) is 37.8 Å². The second-order valence-electron chi connectivity index (χ2n) is 5.28. The van der Waals surface area contributed by atoms with Gasteiger partial charge in [0.05, 0.1) is 4.92 Å². The number of nitrogens with one attached hydrogen (secondary N) is 1. The van der Waals surface area contributed by atoms with E-state index in [1.165, 1.54) is 0 Å². The molecule has 1 aromatic carbocycles. The maximum atomic E-state index is 11.1. The molecule has 1 fully saturated rings. The Hall–Kier alpha value is -1.62. The van der Waals surface area contributed by atoms with E-state index in [1.54, 1.807) is 12.1 Å². The highest BCUT2D eigenvalue weighted by Crippen LogP contribution is 2.33. The molecule has 20 heavy (non-hydrogen) atoms. The Morgan fingerprint density at radius 1 is 1.40 bits per heavy atom. The molecule has 5 heteroatoms. The van der Waals surface area contributed by atoms with Gasteiger partial charge in [0.15, 0.2) is 5.75 Å². The molecule has 0 heterocycles. The van der Waals surface area contributed by atoms with Crippen molar-refractivity contribution < 1.29 is 9.66 Å². The van der Waals surface area contributed by atoms with Crippen LogP contribution in [-0.2, 0) is 6.42 Å². The topological polar surface area (TPSA) is 64.4 Å². The number of nitro benzene ring substituents is 1. The smallest absolute Gasteiger partial charge is 0.311 e. The molecule has 2 rings (SSSR count). The highest BCUT2D eigenvalue weighted by Gasteiger charge is 2.31. The van der Waals surface area contributed by atoms with E-state index in [9.17, 15) is 10.1 Å². The van der Waals surface area contributed by atoms with E-state index in [0.29, 0.717) is 11.8 Å². The Morgan fingerprint density at radius 3 is 2.75 bits per heavy atom. The van der Waals surface area contributed by atoms with Crippen molar-refractivity contribution in [2.45, 2.75) is 51.7 Å². The first-order chi connectivity index (χ1) is 9.63. The molecular formula is C15H22N2O3. The third-order valence-corrected chi connectivity index (χ3v) is 3.70. The number of aryl methyl sites for hydroxylation is 1. The molecule has 0 saturated heterocycles. The summed E-state index contributed by atoms with van der Waals surface area (Å²) in [6.07, 6.45) is 3.84. The minimum Gasteiger partial charge on any atom is -0.483 e. The quantitative estimate of drug-likeness (QED) is 0.615. The monoisotopic (exact) mass is 278 g/mol. The Labute approximate surface area is 119 Å². The summed E-state index contributed by atoms with van der Waals surface area (Å²) >= 11 is 0. The molecule has 0 amide bonds. The summed E-state index contributed by atoms with van der Waals surface area (Å²) in [6, 6.07) is 5.73. The van der Waals surface area contributed by atoms with Crippen molar-refractivity contribution in [1.29, 1.82) is 0 Å². The summed E-state index contributed by atoms with van der Waals surface area (Å²) in [4.78, 5) is 10.7. The van der Waals surface area contributed by atoms with Crippen LogP contribution in [0.2, 0.25) is 0 Å². The highest BCUT2D eigenvalue weighted by molar-refractivity contribution is 5.48. The number of nitrogens with zero attached hydrogens (tertiary/aromatic N) is 1. The van der Waals surface area contributed by atoms with Crippen LogP contribution in [0.5, 0.6) is 5.75 Å². The molecule has 1 aliphatic rings. The molecule has 0 radical (unpaired) electrons. The lowest BCUT2D eigenvalue weighted by atomic mass is 9.89. The third kappa shape index (κ3) is 3.48. The standard InChI is InChI=1S/C15H22N2O3/c1-3-7-16-12-9-13(10-12)20-15-6-5-11(4-2)8-14(15)17(18)19/h5-6,8,12-13,16H,3-4,7,9-10H2,1-2H3. The van der Waals surface area contributed by atoms with Gasteiger partial charge in [-0.05, 0) is 43.9 Å². The fourth-order valence-corrected chi connectivity index (χ4v) is 2.38. The van der Waals surface area contributed by atoms with Gasteiger partial charge in [-0.3, -0.25) is 10.1 Å². The van der Waals surface area contributed by atoms with Gasteiger partial charge in [0, 0.05) is 12.1 Å². The second-order valence-corrected chi connectivity index (χ2v) is 5.28. The number of rotatable bonds is 7. The van der Waals surface area contributed by atoms with E-state index in [1.807, 2.05) is 13.0 Å². The van der Waals surface area contributed by atoms with Gasteiger partial charge in [0.1, 0.15) is 6.10 Å². The van der Waals surface area contributed by atoms with E-state index in [4.69, 9.17) is 4.74 Å². The Bertz CT molecular complexity index is 470. The molecule has 1 saturated carbocycles. The van der Waals surface area contributed by atoms with Crippen LogP contribution in [0.25, 0.3) is 0 Å². The largest absolute Gasteiger partial charge is 0.483 e. The van der Waals surface area contributed by atoms with Crippen LogP contribution in [0, 0.1) is 10.1 Å². The van der Waals surface area contributed by atoms with Gasteiger partial charge >= 0.3 is 5.69 Å². The zero-order valence-electron chi connectivity index (χ0n) is 12.1. The summed E-state index contributed by atoms with van der Waals surface area (Å²) in [5.41, 5.74) is 1.04. The zero-order chi connectivity index (χ0) is 14.5. The van der Waals surface area contributed by atoms with Crippen LogP contribution in [-0.4, -0.2) is 23.6 Å². The predicted octanol–water partition coefficient (Wildman–Crippen LogP) is 3.07. The van der Waals surface area contributed by atoms with Crippen molar-refractivity contribution in [1.82, 2.24) is 5.32 Å². The summed E-state index contributed by atoms with van der Waals surface area (Å²) in [5.74, 6) is 0.395. The molecule has 0 atom stereocenters. The average Bonchev–Trinajstić information content (AvgIpc) is 2.41. The van der Waals surface area contributed by atoms with Gasteiger partial charge < -0.3 is 10.1 Å². The fourth-order valence-electron chi connectivity index (χ4n) is 2.38. The second kappa shape index (κ2) is 6.70. The zero-order valence-corrected chi connectivity index (χ0v) is 12.1. The maximum Gasteiger partial charge on any atom is 0.311 e. The molecule has 1 N–H and O–H groups in total. The number of hydrogen-bond acceptors (Lipinski definition) is 4. The summed E-state index contributed by atoms with van der Waals surface area (Å²) in [5, 5.41) is 14.5. The Balaban J connectivity index is 1.95. The van der Waals surface area contributed by atoms with Crippen LogP contribution in [0.3, 0.4) is 0 Å². The van der Waals surface area contributed by atoms with Gasteiger partial charge in [0.25, 0.3) is 0 Å². The minimum absolute atomic E-state index is 0.0781. The van der Waals surface area contributed by atoms with Crippen molar-refractivity contribution in [3.05, 3.63) is 33.9 Å². The summed E-state index contributed by atoms with van der Waals surface area (Å²) < 4.78 is 5.77. The minimum atomic E-state index is -0.361. The van der Waals surface area contributed by atoms with Crippen molar-refractivity contribution >= 4 is 5.69 Å². The highest BCUT2D eigenvalue weighted by atomic mass is 16.6. The van der Waals surface area contributed by atoms with E-state index >= 15 is 0 Å². The molecule has 0 bridgehead atoms.